The van der Waals surface area contributed by atoms with Crippen LogP contribution < -0.4 is 4.90 Å². The maximum Gasteiger partial charge on any atom is 0.143 e. The van der Waals surface area contributed by atoms with Crippen molar-refractivity contribution in [1.29, 1.82) is 5.26 Å². The highest BCUT2D eigenvalue weighted by atomic mass is 19.1. The van der Waals surface area contributed by atoms with E-state index in [9.17, 15) is 4.39 Å². The molecule has 1 fully saturated rings. The summed E-state index contributed by atoms with van der Waals surface area (Å²) in [5.74, 6) is -0.432. The highest BCUT2D eigenvalue weighted by molar-refractivity contribution is 5.60. The molecule has 0 saturated carbocycles. The van der Waals surface area contributed by atoms with Crippen LogP contribution in [0.25, 0.3) is 0 Å². The molecule has 0 atom stereocenters. The lowest BCUT2D eigenvalue weighted by Gasteiger charge is -2.34. The highest BCUT2D eigenvalue weighted by Crippen LogP contribution is 2.23. The first kappa shape index (κ1) is 10.9. The topological polar surface area (TPSA) is 30.3 Å². The fourth-order valence-electron chi connectivity index (χ4n) is 1.93. The monoisotopic (exact) mass is 219 g/mol. The summed E-state index contributed by atoms with van der Waals surface area (Å²) >= 11 is 0. The average Bonchev–Trinajstić information content (AvgIpc) is 2.30. The summed E-state index contributed by atoms with van der Waals surface area (Å²) in [6.07, 6.45) is 0. The minimum Gasteiger partial charge on any atom is -0.368 e. The molecule has 1 heterocycles. The van der Waals surface area contributed by atoms with Crippen LogP contribution in [0.1, 0.15) is 5.56 Å². The van der Waals surface area contributed by atoms with Gasteiger partial charge in [-0.05, 0) is 19.2 Å². The lowest BCUT2D eigenvalue weighted by molar-refractivity contribution is 0.312. The molecule has 0 radical (unpaired) electrons. The maximum atomic E-state index is 13.4. The molecule has 1 saturated heterocycles. The lowest BCUT2D eigenvalue weighted by Crippen LogP contribution is -2.44. The third kappa shape index (κ3) is 2.00. The Labute approximate surface area is 94.7 Å². The summed E-state index contributed by atoms with van der Waals surface area (Å²) < 4.78 is 13.4. The van der Waals surface area contributed by atoms with Crippen molar-refractivity contribution < 1.29 is 4.39 Å². The van der Waals surface area contributed by atoms with E-state index in [0.717, 1.165) is 31.9 Å². The van der Waals surface area contributed by atoms with E-state index in [1.807, 2.05) is 12.1 Å². The zero-order valence-electron chi connectivity index (χ0n) is 9.28. The third-order valence-corrected chi connectivity index (χ3v) is 2.95. The smallest absolute Gasteiger partial charge is 0.143 e. The summed E-state index contributed by atoms with van der Waals surface area (Å²) in [5, 5.41) is 8.95. The Balaban J connectivity index is 2.27. The van der Waals surface area contributed by atoms with Crippen molar-refractivity contribution in [2.75, 3.05) is 38.1 Å². The van der Waals surface area contributed by atoms with Gasteiger partial charge in [0.05, 0.1) is 5.69 Å². The SMILES string of the molecule is CN1CCN(c2cccc(F)c2C#N)CC1. The summed E-state index contributed by atoms with van der Waals surface area (Å²) in [4.78, 5) is 4.30. The van der Waals surface area contributed by atoms with Gasteiger partial charge in [-0.25, -0.2) is 4.39 Å². The van der Waals surface area contributed by atoms with E-state index in [-0.39, 0.29) is 5.56 Å². The van der Waals surface area contributed by atoms with E-state index < -0.39 is 5.82 Å². The van der Waals surface area contributed by atoms with Gasteiger partial charge in [0, 0.05) is 26.2 Å². The van der Waals surface area contributed by atoms with Crippen LogP contribution in [0.15, 0.2) is 18.2 Å². The first-order valence-electron chi connectivity index (χ1n) is 5.34. The van der Waals surface area contributed by atoms with Gasteiger partial charge in [-0.1, -0.05) is 6.07 Å². The molecule has 3 nitrogen and oxygen atoms in total. The van der Waals surface area contributed by atoms with Crippen LogP contribution in [-0.2, 0) is 0 Å². The number of anilines is 1. The average molecular weight is 219 g/mol. The van der Waals surface area contributed by atoms with Gasteiger partial charge in [0.15, 0.2) is 0 Å². The van der Waals surface area contributed by atoms with Gasteiger partial charge in [-0.2, -0.15) is 5.26 Å². The van der Waals surface area contributed by atoms with Crippen LogP contribution >= 0.6 is 0 Å². The van der Waals surface area contributed by atoms with E-state index >= 15 is 0 Å². The zero-order valence-corrected chi connectivity index (χ0v) is 9.28. The largest absolute Gasteiger partial charge is 0.368 e. The van der Waals surface area contributed by atoms with Crippen molar-refractivity contribution in [3.05, 3.63) is 29.6 Å². The van der Waals surface area contributed by atoms with E-state index in [4.69, 9.17) is 5.26 Å². The van der Waals surface area contributed by atoms with E-state index in [1.165, 1.54) is 6.07 Å². The second-order valence-corrected chi connectivity index (χ2v) is 4.04. The number of piperazine rings is 1. The van der Waals surface area contributed by atoms with Gasteiger partial charge in [-0.3, -0.25) is 0 Å². The van der Waals surface area contributed by atoms with Gasteiger partial charge >= 0.3 is 0 Å². The number of nitriles is 1. The van der Waals surface area contributed by atoms with Gasteiger partial charge in [0.25, 0.3) is 0 Å². The molecule has 84 valence electrons. The Morgan fingerprint density at radius 3 is 2.56 bits per heavy atom. The molecule has 0 aromatic heterocycles. The maximum absolute atomic E-state index is 13.4. The first-order valence-corrected chi connectivity index (χ1v) is 5.34. The first-order chi connectivity index (χ1) is 7.72. The predicted octanol–water partition coefficient (Wildman–Crippen LogP) is 1.45. The van der Waals surface area contributed by atoms with Gasteiger partial charge < -0.3 is 9.80 Å². The van der Waals surface area contributed by atoms with Crippen LogP contribution in [0.2, 0.25) is 0 Å². The van der Waals surface area contributed by atoms with Gasteiger partial charge in [-0.15, -0.1) is 0 Å². The van der Waals surface area contributed by atoms with Gasteiger partial charge in [0.2, 0.25) is 0 Å². The van der Waals surface area contributed by atoms with Crippen molar-refractivity contribution in [3.63, 3.8) is 0 Å². The molecule has 2 rings (SSSR count). The highest BCUT2D eigenvalue weighted by Gasteiger charge is 2.18. The summed E-state index contributed by atoms with van der Waals surface area (Å²) in [6, 6.07) is 6.74. The molecule has 1 aliphatic heterocycles. The molecule has 0 bridgehead atoms. The van der Waals surface area contributed by atoms with Crippen LogP contribution in [0, 0.1) is 17.1 Å². The molecule has 16 heavy (non-hydrogen) atoms. The van der Waals surface area contributed by atoms with Crippen molar-refractivity contribution in [2.45, 2.75) is 0 Å². The molecule has 0 amide bonds. The second-order valence-electron chi connectivity index (χ2n) is 4.04. The molecular formula is C12H14FN3. The predicted molar refractivity (Wildman–Crippen MR) is 60.8 cm³/mol. The Kier molecular flexibility index (Phi) is 3.07. The summed E-state index contributed by atoms with van der Waals surface area (Å²) in [6.45, 7) is 3.58. The van der Waals surface area contributed by atoms with E-state index in [1.54, 1.807) is 6.07 Å². The van der Waals surface area contributed by atoms with E-state index in [2.05, 4.69) is 16.8 Å². The lowest BCUT2D eigenvalue weighted by atomic mass is 10.1. The van der Waals surface area contributed by atoms with Crippen molar-refractivity contribution >= 4 is 5.69 Å². The Hall–Kier alpha value is -1.60. The quantitative estimate of drug-likeness (QED) is 0.716. The number of hydrogen-bond acceptors (Lipinski definition) is 3. The van der Waals surface area contributed by atoms with Crippen LogP contribution in [0.3, 0.4) is 0 Å². The minimum atomic E-state index is -0.432. The standard InChI is InChI=1S/C12H14FN3/c1-15-5-7-16(8-6-15)12-4-2-3-11(13)10(12)9-14/h2-4H,5-8H2,1H3. The zero-order chi connectivity index (χ0) is 11.5. The van der Waals surface area contributed by atoms with E-state index in [0.29, 0.717) is 0 Å². The Bertz CT molecular complexity index is 417. The fraction of sp³-hybridized carbons (Fsp3) is 0.417. The molecule has 0 aliphatic carbocycles. The van der Waals surface area contributed by atoms with Crippen molar-refractivity contribution in [2.24, 2.45) is 0 Å². The number of rotatable bonds is 1. The second kappa shape index (κ2) is 4.50. The number of halogens is 1. The normalized spacial score (nSPS) is 17.2. The molecule has 1 aliphatic rings. The van der Waals surface area contributed by atoms with Crippen molar-refractivity contribution in [1.82, 2.24) is 4.90 Å². The molecule has 0 unspecified atom stereocenters. The molecule has 1 aromatic rings. The third-order valence-electron chi connectivity index (χ3n) is 2.95. The number of hydrogen-bond donors (Lipinski definition) is 0. The molecule has 0 spiro atoms. The van der Waals surface area contributed by atoms with Crippen LogP contribution in [0.4, 0.5) is 10.1 Å². The number of nitrogens with zero attached hydrogens (tertiary/aromatic N) is 3. The molecule has 4 heteroatoms. The molecule has 1 aromatic carbocycles. The fourth-order valence-corrected chi connectivity index (χ4v) is 1.93. The van der Waals surface area contributed by atoms with Crippen molar-refractivity contribution in [3.8, 4) is 6.07 Å². The summed E-state index contributed by atoms with van der Waals surface area (Å²) in [5.41, 5.74) is 0.877. The summed E-state index contributed by atoms with van der Waals surface area (Å²) in [7, 11) is 2.06. The molecule has 0 N–H and O–H groups in total. The molecular weight excluding hydrogens is 205 g/mol. The van der Waals surface area contributed by atoms with Crippen LogP contribution in [0.5, 0.6) is 0 Å². The number of likely N-dealkylation sites (N-methyl/N-ethyl adjacent to an activating group) is 1. The Morgan fingerprint density at radius 1 is 1.25 bits per heavy atom. The Morgan fingerprint density at radius 2 is 1.94 bits per heavy atom. The number of benzene rings is 1. The van der Waals surface area contributed by atoms with Crippen LogP contribution in [-0.4, -0.2) is 38.1 Å². The van der Waals surface area contributed by atoms with Gasteiger partial charge in [0.1, 0.15) is 17.4 Å². The minimum absolute atomic E-state index is 0.159.